The van der Waals surface area contributed by atoms with Gasteiger partial charge in [0.2, 0.25) is 0 Å². The van der Waals surface area contributed by atoms with Gasteiger partial charge in [0.25, 0.3) is 5.91 Å². The molecule has 3 aromatic carbocycles. The third-order valence-electron chi connectivity index (χ3n) is 4.33. The summed E-state index contributed by atoms with van der Waals surface area (Å²) in [6.45, 7) is 0. The van der Waals surface area contributed by atoms with Gasteiger partial charge < -0.3 is 5.32 Å². The quantitative estimate of drug-likeness (QED) is 0.700. The van der Waals surface area contributed by atoms with Gasteiger partial charge in [-0.3, -0.25) is 4.79 Å². The molecule has 0 aliphatic rings. The Morgan fingerprint density at radius 2 is 1.44 bits per heavy atom. The van der Waals surface area contributed by atoms with E-state index in [0.29, 0.717) is 11.3 Å². The monoisotopic (exact) mass is 379 g/mol. The molecule has 0 atom stereocenters. The zero-order valence-electron chi connectivity index (χ0n) is 15.1. The minimum absolute atomic E-state index is 0.203. The molecule has 0 spiro atoms. The van der Waals surface area contributed by atoms with Crippen LogP contribution >= 0.6 is 0 Å². The molecule has 27 heavy (non-hydrogen) atoms. The van der Waals surface area contributed by atoms with Crippen molar-refractivity contribution in [1.82, 2.24) is 0 Å². The fourth-order valence-corrected chi connectivity index (χ4v) is 3.50. The standard InChI is InChI=1S/C22H21NO3S/c1-27(25,26)20-15-13-19(14-16-20)23-22(24)21-10-6-5-9-18(21)12-11-17-7-3-2-4-8-17/h2-10,13-16H,11-12H2,1H3,(H,23,24). The number of aryl methyl sites for hydroxylation is 2. The molecular formula is C22H21NO3S. The lowest BCUT2D eigenvalue weighted by Crippen LogP contribution is -2.14. The van der Waals surface area contributed by atoms with Crippen LogP contribution in [0.25, 0.3) is 0 Å². The Balaban J connectivity index is 1.73. The van der Waals surface area contributed by atoms with Crippen molar-refractivity contribution < 1.29 is 13.2 Å². The highest BCUT2D eigenvalue weighted by Crippen LogP contribution is 2.17. The van der Waals surface area contributed by atoms with Crippen molar-refractivity contribution in [2.45, 2.75) is 17.7 Å². The summed E-state index contributed by atoms with van der Waals surface area (Å²) < 4.78 is 23.1. The van der Waals surface area contributed by atoms with Crippen LogP contribution in [0, 0.1) is 0 Å². The average molecular weight is 379 g/mol. The van der Waals surface area contributed by atoms with Crippen molar-refractivity contribution in [2.75, 3.05) is 11.6 Å². The van der Waals surface area contributed by atoms with Gasteiger partial charge in [0.05, 0.1) is 4.90 Å². The lowest BCUT2D eigenvalue weighted by atomic mass is 9.99. The molecule has 0 radical (unpaired) electrons. The number of hydrogen-bond acceptors (Lipinski definition) is 3. The van der Waals surface area contributed by atoms with Crippen molar-refractivity contribution in [1.29, 1.82) is 0 Å². The second-order valence-electron chi connectivity index (χ2n) is 6.39. The zero-order chi connectivity index (χ0) is 19.3. The summed E-state index contributed by atoms with van der Waals surface area (Å²) in [5, 5.41) is 2.84. The molecule has 0 saturated carbocycles. The van der Waals surface area contributed by atoms with E-state index in [2.05, 4.69) is 17.4 Å². The van der Waals surface area contributed by atoms with E-state index in [1.54, 1.807) is 18.2 Å². The highest BCUT2D eigenvalue weighted by Gasteiger charge is 2.12. The summed E-state index contributed by atoms with van der Waals surface area (Å²) in [6, 6.07) is 23.9. The summed E-state index contributed by atoms with van der Waals surface area (Å²) in [7, 11) is -3.25. The number of nitrogens with one attached hydrogen (secondary N) is 1. The second kappa shape index (κ2) is 8.18. The van der Waals surface area contributed by atoms with Gasteiger partial charge in [-0.15, -0.1) is 0 Å². The lowest BCUT2D eigenvalue weighted by molar-refractivity contribution is 0.102. The average Bonchev–Trinajstić information content (AvgIpc) is 2.67. The number of rotatable bonds is 6. The molecule has 0 saturated heterocycles. The predicted molar refractivity (Wildman–Crippen MR) is 108 cm³/mol. The van der Waals surface area contributed by atoms with Crippen LogP contribution in [-0.4, -0.2) is 20.6 Å². The maximum Gasteiger partial charge on any atom is 0.255 e. The van der Waals surface area contributed by atoms with E-state index in [0.717, 1.165) is 24.7 Å². The Labute approximate surface area is 159 Å². The van der Waals surface area contributed by atoms with Crippen LogP contribution in [0.3, 0.4) is 0 Å². The fraction of sp³-hybridized carbons (Fsp3) is 0.136. The SMILES string of the molecule is CS(=O)(=O)c1ccc(NC(=O)c2ccccc2CCc2ccccc2)cc1. The first-order valence-corrected chi connectivity index (χ1v) is 10.6. The first kappa shape index (κ1) is 18.9. The Morgan fingerprint density at radius 1 is 0.815 bits per heavy atom. The van der Waals surface area contributed by atoms with Gasteiger partial charge >= 0.3 is 0 Å². The smallest absolute Gasteiger partial charge is 0.255 e. The molecule has 0 aliphatic heterocycles. The zero-order valence-corrected chi connectivity index (χ0v) is 15.9. The highest BCUT2D eigenvalue weighted by atomic mass is 32.2. The molecule has 0 unspecified atom stereocenters. The Kier molecular flexibility index (Phi) is 5.72. The molecule has 1 N–H and O–H groups in total. The van der Waals surface area contributed by atoms with Crippen LogP contribution in [-0.2, 0) is 22.7 Å². The van der Waals surface area contributed by atoms with E-state index in [-0.39, 0.29) is 10.8 Å². The third-order valence-corrected chi connectivity index (χ3v) is 5.46. The van der Waals surface area contributed by atoms with Crippen LogP contribution in [0.15, 0.2) is 83.8 Å². The summed E-state index contributed by atoms with van der Waals surface area (Å²) in [5.41, 5.74) is 3.39. The van der Waals surface area contributed by atoms with Gasteiger partial charge in [-0.25, -0.2) is 8.42 Å². The Morgan fingerprint density at radius 3 is 2.11 bits per heavy atom. The van der Waals surface area contributed by atoms with Crippen LogP contribution in [0.5, 0.6) is 0 Å². The number of anilines is 1. The number of carbonyl (C=O) groups excluding carboxylic acids is 1. The van der Waals surface area contributed by atoms with E-state index < -0.39 is 9.84 Å². The summed E-state index contributed by atoms with van der Waals surface area (Å²) in [5.74, 6) is -0.203. The van der Waals surface area contributed by atoms with E-state index in [1.807, 2.05) is 36.4 Å². The Hall–Kier alpha value is -2.92. The van der Waals surface area contributed by atoms with Crippen molar-refractivity contribution in [3.8, 4) is 0 Å². The molecule has 5 heteroatoms. The van der Waals surface area contributed by atoms with Crippen molar-refractivity contribution >= 4 is 21.4 Å². The van der Waals surface area contributed by atoms with Gasteiger partial charge in [0.1, 0.15) is 0 Å². The van der Waals surface area contributed by atoms with Gasteiger partial charge in [0, 0.05) is 17.5 Å². The second-order valence-corrected chi connectivity index (χ2v) is 8.41. The molecule has 4 nitrogen and oxygen atoms in total. The van der Waals surface area contributed by atoms with Crippen molar-refractivity contribution in [3.05, 3.63) is 95.6 Å². The molecular weight excluding hydrogens is 358 g/mol. The number of benzene rings is 3. The molecule has 3 rings (SSSR count). The van der Waals surface area contributed by atoms with Crippen LogP contribution < -0.4 is 5.32 Å². The third kappa shape index (κ3) is 5.05. The van der Waals surface area contributed by atoms with Gasteiger partial charge in [0.15, 0.2) is 9.84 Å². The van der Waals surface area contributed by atoms with Gasteiger partial charge in [-0.1, -0.05) is 48.5 Å². The van der Waals surface area contributed by atoms with E-state index >= 15 is 0 Å². The Bertz CT molecular complexity index is 1030. The summed E-state index contributed by atoms with van der Waals surface area (Å²) >= 11 is 0. The predicted octanol–water partition coefficient (Wildman–Crippen LogP) is 4.13. The summed E-state index contributed by atoms with van der Waals surface area (Å²) in [4.78, 5) is 12.9. The fourth-order valence-electron chi connectivity index (χ4n) is 2.87. The number of amides is 1. The van der Waals surface area contributed by atoms with E-state index in [1.165, 1.54) is 17.7 Å². The molecule has 0 bridgehead atoms. The molecule has 0 aliphatic carbocycles. The first-order chi connectivity index (χ1) is 12.9. The van der Waals surface area contributed by atoms with E-state index in [9.17, 15) is 13.2 Å². The van der Waals surface area contributed by atoms with Crippen LogP contribution in [0.4, 0.5) is 5.69 Å². The lowest BCUT2D eigenvalue weighted by Gasteiger charge is -2.11. The van der Waals surface area contributed by atoms with E-state index in [4.69, 9.17) is 0 Å². The molecule has 1 amide bonds. The molecule has 0 fully saturated rings. The maximum atomic E-state index is 12.7. The first-order valence-electron chi connectivity index (χ1n) is 8.67. The molecule has 138 valence electrons. The van der Waals surface area contributed by atoms with Crippen molar-refractivity contribution in [3.63, 3.8) is 0 Å². The number of hydrogen-bond donors (Lipinski definition) is 1. The topological polar surface area (TPSA) is 63.2 Å². The maximum absolute atomic E-state index is 12.7. The largest absolute Gasteiger partial charge is 0.322 e. The minimum atomic E-state index is -3.25. The summed E-state index contributed by atoms with van der Waals surface area (Å²) in [6.07, 6.45) is 2.78. The molecule has 3 aromatic rings. The number of sulfone groups is 1. The van der Waals surface area contributed by atoms with Crippen LogP contribution in [0.2, 0.25) is 0 Å². The normalized spacial score (nSPS) is 11.1. The van der Waals surface area contributed by atoms with Crippen LogP contribution in [0.1, 0.15) is 21.5 Å². The highest BCUT2D eigenvalue weighted by molar-refractivity contribution is 7.90. The number of carbonyl (C=O) groups is 1. The van der Waals surface area contributed by atoms with Crippen molar-refractivity contribution in [2.24, 2.45) is 0 Å². The molecule has 0 heterocycles. The van der Waals surface area contributed by atoms with Gasteiger partial charge in [-0.05, 0) is 54.3 Å². The van der Waals surface area contributed by atoms with Gasteiger partial charge in [-0.2, -0.15) is 0 Å². The minimum Gasteiger partial charge on any atom is -0.322 e. The molecule has 0 aromatic heterocycles.